The van der Waals surface area contributed by atoms with Gasteiger partial charge in [-0.05, 0) is 18.6 Å². The second-order valence-electron chi connectivity index (χ2n) is 2.21. The van der Waals surface area contributed by atoms with E-state index >= 15 is 0 Å². The van der Waals surface area contributed by atoms with Gasteiger partial charge in [0.05, 0.1) is 6.21 Å². The van der Waals surface area contributed by atoms with E-state index in [4.69, 9.17) is 10.9 Å². The van der Waals surface area contributed by atoms with Crippen molar-refractivity contribution < 1.29 is 5.21 Å². The number of rotatable bonds is 1. The van der Waals surface area contributed by atoms with Crippen molar-refractivity contribution >= 4 is 12.0 Å². The normalized spacial score (nSPS) is 10.6. The fourth-order valence-electron chi connectivity index (χ4n) is 0.786. The van der Waals surface area contributed by atoms with E-state index in [2.05, 4.69) is 10.1 Å². The molecule has 0 aromatic carbocycles. The van der Waals surface area contributed by atoms with E-state index < -0.39 is 0 Å². The van der Waals surface area contributed by atoms with Gasteiger partial charge in [-0.15, -0.1) is 0 Å². The summed E-state index contributed by atoms with van der Waals surface area (Å²) in [5.41, 5.74) is 7.11. The van der Waals surface area contributed by atoms with Gasteiger partial charge in [0.15, 0.2) is 0 Å². The average Bonchev–Trinajstić information content (AvgIpc) is 1.95. The Balaban J connectivity index is 3.09. The first-order valence-electron chi connectivity index (χ1n) is 3.13. The molecular formula is C7H9N3O. The molecule has 1 rings (SSSR count). The molecule has 0 atom stereocenters. The molecule has 58 valence electrons. The highest BCUT2D eigenvalue weighted by atomic mass is 16.4. The Hall–Kier alpha value is -1.58. The van der Waals surface area contributed by atoms with E-state index in [1.165, 1.54) is 6.21 Å². The fourth-order valence-corrected chi connectivity index (χ4v) is 0.786. The first-order chi connectivity index (χ1) is 5.24. The van der Waals surface area contributed by atoms with E-state index in [9.17, 15) is 0 Å². The summed E-state index contributed by atoms with van der Waals surface area (Å²) in [7, 11) is 0. The smallest absolute Gasteiger partial charge is 0.123 e. The van der Waals surface area contributed by atoms with Crippen molar-refractivity contribution in [2.24, 2.45) is 5.16 Å². The molecule has 0 unspecified atom stereocenters. The SMILES string of the molecule is Cc1cc(N)ncc1C=NO. The molecule has 0 aliphatic rings. The summed E-state index contributed by atoms with van der Waals surface area (Å²) in [4.78, 5) is 3.83. The summed E-state index contributed by atoms with van der Waals surface area (Å²) < 4.78 is 0. The molecule has 0 spiro atoms. The van der Waals surface area contributed by atoms with Crippen LogP contribution < -0.4 is 5.73 Å². The molecule has 0 saturated heterocycles. The lowest BCUT2D eigenvalue weighted by Gasteiger charge is -1.98. The van der Waals surface area contributed by atoms with Gasteiger partial charge in [0, 0.05) is 11.8 Å². The molecule has 0 aliphatic heterocycles. The Kier molecular flexibility index (Phi) is 2.06. The molecule has 1 aromatic rings. The Bertz CT molecular complexity index is 283. The summed E-state index contributed by atoms with van der Waals surface area (Å²) in [6, 6.07) is 1.72. The van der Waals surface area contributed by atoms with Crippen LogP contribution in [-0.2, 0) is 0 Å². The summed E-state index contributed by atoms with van der Waals surface area (Å²) in [6.45, 7) is 1.87. The van der Waals surface area contributed by atoms with Crippen LogP contribution in [0.2, 0.25) is 0 Å². The van der Waals surface area contributed by atoms with E-state index in [0.29, 0.717) is 5.82 Å². The summed E-state index contributed by atoms with van der Waals surface area (Å²) in [5.74, 6) is 0.470. The maximum absolute atomic E-state index is 8.22. The van der Waals surface area contributed by atoms with Crippen LogP contribution in [0.25, 0.3) is 0 Å². The Labute approximate surface area is 64.4 Å². The lowest BCUT2D eigenvalue weighted by atomic mass is 10.2. The number of pyridine rings is 1. The minimum Gasteiger partial charge on any atom is -0.411 e. The molecule has 11 heavy (non-hydrogen) atoms. The van der Waals surface area contributed by atoms with Crippen LogP contribution in [0.3, 0.4) is 0 Å². The van der Waals surface area contributed by atoms with Crippen LogP contribution in [0.1, 0.15) is 11.1 Å². The summed E-state index contributed by atoms with van der Waals surface area (Å²) >= 11 is 0. The number of hydrogen-bond donors (Lipinski definition) is 2. The van der Waals surface area contributed by atoms with Crippen LogP contribution in [0, 0.1) is 6.92 Å². The number of nitrogens with two attached hydrogens (primary N) is 1. The monoisotopic (exact) mass is 151 g/mol. The molecule has 0 bridgehead atoms. The average molecular weight is 151 g/mol. The predicted octanol–water partition coefficient (Wildman–Crippen LogP) is 0.780. The van der Waals surface area contributed by atoms with Crippen LogP contribution in [0.15, 0.2) is 17.4 Å². The van der Waals surface area contributed by atoms with E-state index in [1.54, 1.807) is 12.3 Å². The topological polar surface area (TPSA) is 71.5 Å². The van der Waals surface area contributed by atoms with Gasteiger partial charge < -0.3 is 10.9 Å². The molecule has 1 heterocycles. The fraction of sp³-hybridized carbons (Fsp3) is 0.143. The van der Waals surface area contributed by atoms with Crippen molar-refractivity contribution in [3.63, 3.8) is 0 Å². The van der Waals surface area contributed by atoms with Gasteiger partial charge in [0.1, 0.15) is 5.82 Å². The Morgan fingerprint density at radius 2 is 2.45 bits per heavy atom. The van der Waals surface area contributed by atoms with Gasteiger partial charge in [0.2, 0.25) is 0 Å². The van der Waals surface area contributed by atoms with Gasteiger partial charge in [-0.3, -0.25) is 0 Å². The molecule has 0 amide bonds. The van der Waals surface area contributed by atoms with Gasteiger partial charge in [-0.25, -0.2) is 4.98 Å². The van der Waals surface area contributed by atoms with Crippen LogP contribution in [0.4, 0.5) is 5.82 Å². The summed E-state index contributed by atoms with van der Waals surface area (Å²) in [5, 5.41) is 11.1. The first kappa shape index (κ1) is 7.53. The third kappa shape index (κ3) is 1.67. The second-order valence-corrected chi connectivity index (χ2v) is 2.21. The zero-order chi connectivity index (χ0) is 8.27. The van der Waals surface area contributed by atoms with Crippen LogP contribution >= 0.6 is 0 Å². The lowest BCUT2D eigenvalue weighted by molar-refractivity contribution is 0.322. The molecule has 3 N–H and O–H groups in total. The first-order valence-corrected chi connectivity index (χ1v) is 3.13. The zero-order valence-corrected chi connectivity index (χ0v) is 6.15. The van der Waals surface area contributed by atoms with Gasteiger partial charge >= 0.3 is 0 Å². The highest BCUT2D eigenvalue weighted by molar-refractivity contribution is 5.80. The largest absolute Gasteiger partial charge is 0.411 e. The van der Waals surface area contributed by atoms with Gasteiger partial charge in [-0.2, -0.15) is 0 Å². The molecule has 0 aliphatic carbocycles. The van der Waals surface area contributed by atoms with Crippen molar-refractivity contribution in [3.05, 3.63) is 23.4 Å². The number of aryl methyl sites for hydroxylation is 1. The maximum Gasteiger partial charge on any atom is 0.123 e. The third-order valence-corrected chi connectivity index (χ3v) is 1.37. The number of nitrogen functional groups attached to an aromatic ring is 1. The molecule has 1 aromatic heterocycles. The minimum atomic E-state index is 0.470. The van der Waals surface area contributed by atoms with Crippen LogP contribution in [0.5, 0.6) is 0 Å². The Morgan fingerprint density at radius 1 is 1.73 bits per heavy atom. The van der Waals surface area contributed by atoms with Crippen molar-refractivity contribution in [2.75, 3.05) is 5.73 Å². The van der Waals surface area contributed by atoms with E-state index in [-0.39, 0.29) is 0 Å². The number of oxime groups is 1. The molecular weight excluding hydrogens is 142 g/mol. The van der Waals surface area contributed by atoms with Crippen molar-refractivity contribution in [1.82, 2.24) is 4.98 Å². The van der Waals surface area contributed by atoms with Gasteiger partial charge in [0.25, 0.3) is 0 Å². The van der Waals surface area contributed by atoms with E-state index in [0.717, 1.165) is 11.1 Å². The predicted molar refractivity (Wildman–Crippen MR) is 42.8 cm³/mol. The summed E-state index contributed by atoms with van der Waals surface area (Å²) in [6.07, 6.45) is 2.88. The van der Waals surface area contributed by atoms with Gasteiger partial charge in [-0.1, -0.05) is 5.16 Å². The minimum absolute atomic E-state index is 0.470. The molecule has 0 fully saturated rings. The molecule has 0 radical (unpaired) electrons. The molecule has 4 nitrogen and oxygen atoms in total. The standard InChI is InChI=1S/C7H9N3O/c1-5-2-7(8)9-3-6(5)4-10-11/h2-4,11H,1H3,(H2,8,9). The quantitative estimate of drug-likeness (QED) is 0.354. The van der Waals surface area contributed by atoms with Crippen molar-refractivity contribution in [2.45, 2.75) is 6.92 Å². The zero-order valence-electron chi connectivity index (χ0n) is 6.15. The van der Waals surface area contributed by atoms with Crippen molar-refractivity contribution in [3.8, 4) is 0 Å². The second kappa shape index (κ2) is 3.01. The Morgan fingerprint density at radius 3 is 3.00 bits per heavy atom. The molecule has 4 heteroatoms. The third-order valence-electron chi connectivity index (χ3n) is 1.37. The molecule has 0 saturated carbocycles. The van der Waals surface area contributed by atoms with E-state index in [1.807, 2.05) is 6.92 Å². The van der Waals surface area contributed by atoms with Crippen LogP contribution in [-0.4, -0.2) is 16.4 Å². The van der Waals surface area contributed by atoms with Crippen molar-refractivity contribution in [1.29, 1.82) is 0 Å². The number of aromatic nitrogens is 1. The highest BCUT2D eigenvalue weighted by Gasteiger charge is 1.95. The maximum atomic E-state index is 8.22. The number of nitrogens with zero attached hydrogens (tertiary/aromatic N) is 2. The highest BCUT2D eigenvalue weighted by Crippen LogP contribution is 2.06. The number of anilines is 1. The number of hydrogen-bond acceptors (Lipinski definition) is 4. The lowest BCUT2D eigenvalue weighted by Crippen LogP contribution is -1.94.